The lowest BCUT2D eigenvalue weighted by Gasteiger charge is -2.06. The third-order valence-corrected chi connectivity index (χ3v) is 1.60. The van der Waals surface area contributed by atoms with Gasteiger partial charge in [-0.1, -0.05) is 18.1 Å². The lowest BCUT2D eigenvalue weighted by atomic mass is 10.3. The number of ether oxygens (including phenoxy) is 1. The highest BCUT2D eigenvalue weighted by atomic mass is 19.1. The Bertz CT molecular complexity index is 319. The maximum Gasteiger partial charge on any atom is 0.165 e. The predicted molar refractivity (Wildman–Crippen MR) is 53.6 cm³/mol. The standard InChI is InChI=1S/C11H12FNO/c1-2-7-13-8-9-14-11-6-4-3-5-10(11)12/h1,3-6,13H,7-9H2. The maximum absolute atomic E-state index is 13.0. The van der Waals surface area contributed by atoms with Crippen LogP contribution in [0.5, 0.6) is 5.75 Å². The molecule has 0 heterocycles. The topological polar surface area (TPSA) is 21.3 Å². The summed E-state index contributed by atoms with van der Waals surface area (Å²) in [6, 6.07) is 6.31. The molecule has 0 amide bonds. The summed E-state index contributed by atoms with van der Waals surface area (Å²) < 4.78 is 18.2. The third-order valence-electron chi connectivity index (χ3n) is 1.60. The molecular weight excluding hydrogens is 181 g/mol. The lowest BCUT2D eigenvalue weighted by molar-refractivity contribution is 0.301. The molecule has 0 aliphatic rings. The van der Waals surface area contributed by atoms with Gasteiger partial charge in [-0.3, -0.25) is 0 Å². The van der Waals surface area contributed by atoms with Gasteiger partial charge >= 0.3 is 0 Å². The number of halogens is 1. The molecule has 0 aromatic heterocycles. The largest absolute Gasteiger partial charge is 0.489 e. The lowest BCUT2D eigenvalue weighted by Crippen LogP contribution is -2.21. The molecule has 0 atom stereocenters. The van der Waals surface area contributed by atoms with Gasteiger partial charge in [-0.15, -0.1) is 6.42 Å². The first-order valence-corrected chi connectivity index (χ1v) is 4.36. The van der Waals surface area contributed by atoms with Crippen molar-refractivity contribution in [3.8, 4) is 18.1 Å². The van der Waals surface area contributed by atoms with Crippen LogP contribution in [0, 0.1) is 18.2 Å². The molecular formula is C11H12FNO. The molecule has 0 aliphatic heterocycles. The SMILES string of the molecule is C#CCNCCOc1ccccc1F. The number of para-hydroxylation sites is 1. The Labute approximate surface area is 83.1 Å². The minimum absolute atomic E-state index is 0.273. The molecule has 1 aromatic carbocycles. The van der Waals surface area contributed by atoms with Gasteiger partial charge in [0.2, 0.25) is 0 Å². The smallest absolute Gasteiger partial charge is 0.165 e. The molecule has 1 rings (SSSR count). The molecule has 0 aliphatic carbocycles. The van der Waals surface area contributed by atoms with Crippen molar-refractivity contribution in [2.75, 3.05) is 19.7 Å². The fraction of sp³-hybridized carbons (Fsp3) is 0.273. The molecule has 0 fully saturated rings. The summed E-state index contributed by atoms with van der Waals surface area (Å²) in [6.45, 7) is 1.52. The van der Waals surface area contributed by atoms with Gasteiger partial charge in [-0.05, 0) is 12.1 Å². The van der Waals surface area contributed by atoms with Crippen LogP contribution in [0.1, 0.15) is 0 Å². The molecule has 2 nitrogen and oxygen atoms in total. The molecule has 0 saturated carbocycles. The van der Waals surface area contributed by atoms with E-state index in [1.165, 1.54) is 6.07 Å². The quantitative estimate of drug-likeness (QED) is 0.564. The Morgan fingerprint density at radius 2 is 2.21 bits per heavy atom. The zero-order chi connectivity index (χ0) is 10.2. The molecule has 74 valence electrons. The number of hydrogen-bond donors (Lipinski definition) is 1. The van der Waals surface area contributed by atoms with Crippen LogP contribution in [0.15, 0.2) is 24.3 Å². The molecule has 0 saturated heterocycles. The van der Waals surface area contributed by atoms with Gasteiger partial charge in [0.25, 0.3) is 0 Å². The van der Waals surface area contributed by atoms with Crippen LogP contribution in [0.3, 0.4) is 0 Å². The summed E-state index contributed by atoms with van der Waals surface area (Å²) in [6.07, 6.45) is 5.03. The predicted octanol–water partition coefficient (Wildman–Crippen LogP) is 1.43. The van der Waals surface area contributed by atoms with Gasteiger partial charge in [0, 0.05) is 6.54 Å². The van der Waals surface area contributed by atoms with Gasteiger partial charge in [0.05, 0.1) is 6.54 Å². The molecule has 0 bridgehead atoms. The van der Waals surface area contributed by atoms with Gasteiger partial charge in [-0.25, -0.2) is 4.39 Å². The first-order valence-electron chi connectivity index (χ1n) is 4.36. The Kier molecular flexibility index (Phi) is 4.53. The van der Waals surface area contributed by atoms with Crippen molar-refractivity contribution < 1.29 is 9.13 Å². The highest BCUT2D eigenvalue weighted by Gasteiger charge is 1.99. The van der Waals surface area contributed by atoms with E-state index in [1.807, 2.05) is 0 Å². The van der Waals surface area contributed by atoms with Gasteiger partial charge < -0.3 is 10.1 Å². The second-order valence-corrected chi connectivity index (χ2v) is 2.66. The summed E-state index contributed by atoms with van der Waals surface area (Å²) >= 11 is 0. The van der Waals surface area contributed by atoms with E-state index in [0.29, 0.717) is 19.7 Å². The molecule has 1 aromatic rings. The zero-order valence-corrected chi connectivity index (χ0v) is 7.79. The van der Waals surface area contributed by atoms with E-state index in [-0.39, 0.29) is 11.6 Å². The summed E-state index contributed by atoms with van der Waals surface area (Å²) in [5.74, 6) is 2.37. The van der Waals surface area contributed by atoms with E-state index in [9.17, 15) is 4.39 Å². The van der Waals surface area contributed by atoms with Crippen molar-refractivity contribution in [3.05, 3.63) is 30.1 Å². The Balaban J connectivity index is 2.25. The number of hydrogen-bond acceptors (Lipinski definition) is 2. The van der Waals surface area contributed by atoms with Crippen LogP contribution in [0.25, 0.3) is 0 Å². The normalized spacial score (nSPS) is 9.43. The van der Waals surface area contributed by atoms with Crippen molar-refractivity contribution in [2.24, 2.45) is 0 Å². The minimum atomic E-state index is -0.343. The number of benzene rings is 1. The molecule has 14 heavy (non-hydrogen) atoms. The van der Waals surface area contributed by atoms with Gasteiger partial charge in [-0.2, -0.15) is 0 Å². The number of terminal acetylenes is 1. The molecule has 0 spiro atoms. The molecule has 1 N–H and O–H groups in total. The fourth-order valence-corrected chi connectivity index (χ4v) is 0.956. The minimum Gasteiger partial charge on any atom is -0.489 e. The monoisotopic (exact) mass is 193 g/mol. The molecule has 0 unspecified atom stereocenters. The molecule has 0 radical (unpaired) electrons. The maximum atomic E-state index is 13.0. The van der Waals surface area contributed by atoms with Crippen molar-refractivity contribution in [2.45, 2.75) is 0 Å². The number of nitrogens with one attached hydrogen (secondary N) is 1. The van der Waals surface area contributed by atoms with Crippen LogP contribution in [0.4, 0.5) is 4.39 Å². The van der Waals surface area contributed by atoms with Gasteiger partial charge in [0.1, 0.15) is 6.61 Å². The van der Waals surface area contributed by atoms with Crippen LogP contribution in [0.2, 0.25) is 0 Å². The highest BCUT2D eigenvalue weighted by Crippen LogP contribution is 2.14. The Morgan fingerprint density at radius 3 is 2.93 bits per heavy atom. The van der Waals surface area contributed by atoms with E-state index in [0.717, 1.165) is 0 Å². The summed E-state index contributed by atoms with van der Waals surface area (Å²) in [4.78, 5) is 0. The second kappa shape index (κ2) is 6.01. The van der Waals surface area contributed by atoms with Crippen molar-refractivity contribution in [1.29, 1.82) is 0 Å². The summed E-state index contributed by atoms with van der Waals surface area (Å²) in [5.41, 5.74) is 0. The number of rotatable bonds is 5. The van der Waals surface area contributed by atoms with E-state index >= 15 is 0 Å². The first-order chi connectivity index (χ1) is 6.84. The zero-order valence-electron chi connectivity index (χ0n) is 7.79. The van der Waals surface area contributed by atoms with Crippen LogP contribution in [-0.2, 0) is 0 Å². The van der Waals surface area contributed by atoms with Gasteiger partial charge in [0.15, 0.2) is 11.6 Å². The Hall–Kier alpha value is -1.53. The summed E-state index contributed by atoms with van der Waals surface area (Å²) in [7, 11) is 0. The van der Waals surface area contributed by atoms with E-state index in [2.05, 4.69) is 11.2 Å². The van der Waals surface area contributed by atoms with Crippen LogP contribution < -0.4 is 10.1 Å². The van der Waals surface area contributed by atoms with E-state index in [1.54, 1.807) is 18.2 Å². The van der Waals surface area contributed by atoms with Crippen LogP contribution in [-0.4, -0.2) is 19.7 Å². The van der Waals surface area contributed by atoms with Crippen LogP contribution >= 0.6 is 0 Å². The fourth-order valence-electron chi connectivity index (χ4n) is 0.956. The average molecular weight is 193 g/mol. The summed E-state index contributed by atoms with van der Waals surface area (Å²) in [5, 5.41) is 2.94. The average Bonchev–Trinajstić information content (AvgIpc) is 2.20. The second-order valence-electron chi connectivity index (χ2n) is 2.66. The third kappa shape index (κ3) is 3.46. The van der Waals surface area contributed by atoms with Crippen molar-refractivity contribution in [1.82, 2.24) is 5.32 Å². The highest BCUT2D eigenvalue weighted by molar-refractivity contribution is 5.23. The van der Waals surface area contributed by atoms with Crippen molar-refractivity contribution in [3.63, 3.8) is 0 Å². The first kappa shape index (κ1) is 10.6. The molecule has 3 heteroatoms. The van der Waals surface area contributed by atoms with Crippen molar-refractivity contribution >= 4 is 0 Å². The Morgan fingerprint density at radius 1 is 1.43 bits per heavy atom. The van der Waals surface area contributed by atoms with E-state index < -0.39 is 0 Å². The van der Waals surface area contributed by atoms with E-state index in [4.69, 9.17) is 11.2 Å².